The van der Waals surface area contributed by atoms with Crippen LogP contribution in [0.15, 0.2) is 89.2 Å². The number of nitrogens with one attached hydrogen (secondary N) is 2. The second-order valence-corrected chi connectivity index (χ2v) is 7.56. The summed E-state index contributed by atoms with van der Waals surface area (Å²) in [6.07, 6.45) is 0. The Morgan fingerprint density at radius 1 is 1.03 bits per heavy atom. The summed E-state index contributed by atoms with van der Waals surface area (Å²) in [7, 11) is 1.22. The monoisotopic (exact) mass is 463 g/mol. The van der Waals surface area contributed by atoms with Crippen LogP contribution in [-0.2, 0) is 9.53 Å². The molecule has 33 heavy (non-hydrogen) atoms. The van der Waals surface area contributed by atoms with E-state index in [0.717, 1.165) is 0 Å². The number of anilines is 1. The molecular weight excluding hydrogens is 445 g/mol. The SMILES string of the molecule is COC(=O)C(NC(=O)c1ccccc1)=C1CN=C(c2ccccc2F)c2cc(Cl)ccc2N1. The van der Waals surface area contributed by atoms with Crippen LogP contribution in [0.1, 0.15) is 21.5 Å². The summed E-state index contributed by atoms with van der Waals surface area (Å²) in [6.45, 7) is -0.0462. The van der Waals surface area contributed by atoms with Crippen molar-refractivity contribution >= 4 is 34.9 Å². The number of esters is 1. The molecule has 0 fully saturated rings. The van der Waals surface area contributed by atoms with Crippen molar-refractivity contribution in [3.8, 4) is 0 Å². The molecule has 166 valence electrons. The lowest BCUT2D eigenvalue weighted by atomic mass is 10.00. The Kier molecular flexibility index (Phi) is 6.51. The van der Waals surface area contributed by atoms with E-state index in [1.165, 1.54) is 13.2 Å². The number of benzodiazepines with no additional fused rings is 1. The Hall–Kier alpha value is -3.97. The number of methoxy groups -OCH3 is 1. The third-order valence-corrected chi connectivity index (χ3v) is 5.25. The molecule has 0 atom stereocenters. The fourth-order valence-electron chi connectivity index (χ4n) is 3.42. The number of hydrogen-bond donors (Lipinski definition) is 2. The van der Waals surface area contributed by atoms with Crippen molar-refractivity contribution in [1.82, 2.24) is 5.32 Å². The molecule has 3 aromatic carbocycles. The van der Waals surface area contributed by atoms with Gasteiger partial charge >= 0.3 is 5.97 Å². The number of fused-ring (bicyclic) bond motifs is 1. The molecule has 1 amide bonds. The van der Waals surface area contributed by atoms with E-state index in [-0.39, 0.29) is 17.8 Å². The molecule has 0 unspecified atom stereocenters. The van der Waals surface area contributed by atoms with E-state index >= 15 is 0 Å². The maximum atomic E-state index is 14.6. The molecule has 6 nitrogen and oxygen atoms in total. The van der Waals surface area contributed by atoms with E-state index in [0.29, 0.717) is 33.2 Å². The predicted molar refractivity (Wildman–Crippen MR) is 125 cm³/mol. The maximum Gasteiger partial charge on any atom is 0.356 e. The minimum absolute atomic E-state index is 0.0462. The molecule has 8 heteroatoms. The molecule has 3 aromatic rings. The first-order valence-corrected chi connectivity index (χ1v) is 10.4. The van der Waals surface area contributed by atoms with Crippen molar-refractivity contribution in [3.63, 3.8) is 0 Å². The highest BCUT2D eigenvalue weighted by Gasteiger charge is 2.25. The summed E-state index contributed by atoms with van der Waals surface area (Å²) < 4.78 is 19.5. The zero-order valence-electron chi connectivity index (χ0n) is 17.6. The van der Waals surface area contributed by atoms with E-state index < -0.39 is 17.7 Å². The number of ether oxygens (including phenoxy) is 1. The molecule has 1 heterocycles. The van der Waals surface area contributed by atoms with Crippen LogP contribution in [-0.4, -0.2) is 31.2 Å². The topological polar surface area (TPSA) is 79.8 Å². The highest BCUT2D eigenvalue weighted by Crippen LogP contribution is 2.29. The lowest BCUT2D eigenvalue weighted by molar-refractivity contribution is -0.136. The number of benzene rings is 3. The molecule has 2 N–H and O–H groups in total. The second-order valence-electron chi connectivity index (χ2n) is 7.12. The highest BCUT2D eigenvalue weighted by molar-refractivity contribution is 6.31. The van der Waals surface area contributed by atoms with Crippen LogP contribution < -0.4 is 10.6 Å². The second kappa shape index (κ2) is 9.67. The predicted octanol–water partition coefficient (Wildman–Crippen LogP) is 4.56. The first-order chi connectivity index (χ1) is 16.0. The Bertz CT molecular complexity index is 1290. The van der Waals surface area contributed by atoms with Crippen molar-refractivity contribution in [1.29, 1.82) is 0 Å². The third-order valence-electron chi connectivity index (χ3n) is 5.01. The maximum absolute atomic E-state index is 14.6. The Morgan fingerprint density at radius 3 is 2.48 bits per heavy atom. The number of nitrogens with zero attached hydrogens (tertiary/aromatic N) is 1. The van der Waals surface area contributed by atoms with Gasteiger partial charge in [-0.1, -0.05) is 41.9 Å². The van der Waals surface area contributed by atoms with Gasteiger partial charge in [0, 0.05) is 27.4 Å². The molecule has 1 aliphatic rings. The average Bonchev–Trinajstić information content (AvgIpc) is 3.02. The van der Waals surface area contributed by atoms with Gasteiger partial charge in [0.2, 0.25) is 0 Å². The molecule has 0 saturated heterocycles. The Labute approximate surface area is 194 Å². The quantitative estimate of drug-likeness (QED) is 0.439. The van der Waals surface area contributed by atoms with Gasteiger partial charge in [-0.15, -0.1) is 0 Å². The van der Waals surface area contributed by atoms with Crippen molar-refractivity contribution in [2.24, 2.45) is 4.99 Å². The molecule has 0 aromatic heterocycles. The van der Waals surface area contributed by atoms with Crippen molar-refractivity contribution in [2.75, 3.05) is 19.0 Å². The average molecular weight is 464 g/mol. The fraction of sp³-hybridized carbons (Fsp3) is 0.0800. The first-order valence-electron chi connectivity index (χ1n) is 10.0. The largest absolute Gasteiger partial charge is 0.464 e. The van der Waals surface area contributed by atoms with Crippen LogP contribution >= 0.6 is 11.6 Å². The van der Waals surface area contributed by atoms with Crippen molar-refractivity contribution in [3.05, 3.63) is 112 Å². The van der Waals surface area contributed by atoms with Gasteiger partial charge in [0.1, 0.15) is 11.5 Å². The standard InChI is InChI=1S/C25H19ClFN3O3/c1-33-25(32)23(30-24(31)15-7-3-2-4-8-15)21-14-28-22(17-9-5-6-10-19(17)27)18-13-16(26)11-12-20(18)29-21/h2-13,29H,14H2,1H3,(H,30,31). The van der Waals surface area contributed by atoms with Gasteiger partial charge in [-0.25, -0.2) is 9.18 Å². The first kappa shape index (κ1) is 22.2. The minimum Gasteiger partial charge on any atom is -0.464 e. The smallest absolute Gasteiger partial charge is 0.356 e. The lowest BCUT2D eigenvalue weighted by Gasteiger charge is -2.15. The van der Waals surface area contributed by atoms with Crippen LogP contribution in [0.5, 0.6) is 0 Å². The van der Waals surface area contributed by atoms with Crippen LogP contribution in [0.25, 0.3) is 0 Å². The van der Waals surface area contributed by atoms with Gasteiger partial charge in [0.05, 0.1) is 25.1 Å². The molecular formula is C25H19ClFN3O3. The number of rotatable bonds is 4. The van der Waals surface area contributed by atoms with E-state index in [2.05, 4.69) is 15.6 Å². The zero-order chi connectivity index (χ0) is 23.4. The van der Waals surface area contributed by atoms with Gasteiger partial charge in [-0.05, 0) is 42.5 Å². The van der Waals surface area contributed by atoms with Gasteiger partial charge in [-0.2, -0.15) is 0 Å². The van der Waals surface area contributed by atoms with Crippen LogP contribution in [0, 0.1) is 5.82 Å². The van der Waals surface area contributed by atoms with Gasteiger partial charge in [-0.3, -0.25) is 9.79 Å². The molecule has 0 aliphatic carbocycles. The lowest BCUT2D eigenvalue weighted by Crippen LogP contribution is -2.31. The number of hydrogen-bond acceptors (Lipinski definition) is 5. The van der Waals surface area contributed by atoms with Crippen molar-refractivity contribution in [2.45, 2.75) is 0 Å². The van der Waals surface area contributed by atoms with Gasteiger partial charge in [0.25, 0.3) is 5.91 Å². The number of amides is 1. The molecule has 0 saturated carbocycles. The zero-order valence-corrected chi connectivity index (χ0v) is 18.3. The third kappa shape index (κ3) is 4.78. The van der Waals surface area contributed by atoms with E-state index in [9.17, 15) is 14.0 Å². The molecule has 0 spiro atoms. The summed E-state index contributed by atoms with van der Waals surface area (Å²) in [5.41, 5.74) is 2.33. The number of halogens is 2. The summed E-state index contributed by atoms with van der Waals surface area (Å²) in [5.74, 6) is -1.67. The van der Waals surface area contributed by atoms with Crippen LogP contribution in [0.3, 0.4) is 0 Å². The minimum atomic E-state index is -0.748. The van der Waals surface area contributed by atoms with Gasteiger partial charge in [0.15, 0.2) is 0 Å². The Balaban J connectivity index is 1.83. The van der Waals surface area contributed by atoms with E-state index in [1.54, 1.807) is 66.7 Å². The van der Waals surface area contributed by atoms with E-state index in [1.807, 2.05) is 0 Å². The molecule has 0 bridgehead atoms. The fourth-order valence-corrected chi connectivity index (χ4v) is 3.59. The molecule has 4 rings (SSSR count). The number of carbonyl (C=O) groups is 2. The summed E-state index contributed by atoms with van der Waals surface area (Å²) >= 11 is 6.21. The number of carbonyl (C=O) groups excluding carboxylic acids is 2. The summed E-state index contributed by atoms with van der Waals surface area (Å²) in [4.78, 5) is 29.9. The summed E-state index contributed by atoms with van der Waals surface area (Å²) in [6, 6.07) is 19.8. The highest BCUT2D eigenvalue weighted by atomic mass is 35.5. The van der Waals surface area contributed by atoms with Gasteiger partial charge < -0.3 is 15.4 Å². The Morgan fingerprint density at radius 2 is 1.76 bits per heavy atom. The van der Waals surface area contributed by atoms with Crippen molar-refractivity contribution < 1.29 is 18.7 Å². The van der Waals surface area contributed by atoms with Crippen LogP contribution in [0.4, 0.5) is 10.1 Å². The summed E-state index contributed by atoms with van der Waals surface area (Å²) in [5, 5.41) is 6.21. The number of aliphatic imine (C=N–C) groups is 1. The van der Waals surface area contributed by atoms with E-state index in [4.69, 9.17) is 16.3 Å². The normalized spacial score (nSPS) is 14.2. The van der Waals surface area contributed by atoms with Crippen LogP contribution in [0.2, 0.25) is 5.02 Å². The molecule has 0 radical (unpaired) electrons. The molecule has 1 aliphatic heterocycles.